The van der Waals surface area contributed by atoms with Crippen molar-refractivity contribution in [2.75, 3.05) is 0 Å². The highest BCUT2D eigenvalue weighted by atomic mass is 16.1. The van der Waals surface area contributed by atoms with Crippen molar-refractivity contribution in [1.82, 2.24) is 20.1 Å². The lowest BCUT2D eigenvalue weighted by Gasteiger charge is -2.11. The van der Waals surface area contributed by atoms with E-state index < -0.39 is 0 Å². The van der Waals surface area contributed by atoms with E-state index in [2.05, 4.69) is 27.4 Å². The Hall–Kier alpha value is -1.83. The van der Waals surface area contributed by atoms with Crippen LogP contribution in [0, 0.1) is 11.8 Å². The molecule has 0 radical (unpaired) electrons. The molecular formula is C9H12N4O. The van der Waals surface area contributed by atoms with Gasteiger partial charge in [0.2, 0.25) is 0 Å². The molecule has 1 atom stereocenters. The first-order valence-corrected chi connectivity index (χ1v) is 4.28. The molecule has 0 bridgehead atoms. The van der Waals surface area contributed by atoms with Gasteiger partial charge < -0.3 is 9.88 Å². The van der Waals surface area contributed by atoms with E-state index in [-0.39, 0.29) is 11.9 Å². The maximum Gasteiger partial charge on any atom is 0.296 e. The van der Waals surface area contributed by atoms with E-state index in [1.54, 1.807) is 24.1 Å². The van der Waals surface area contributed by atoms with Gasteiger partial charge in [-0.25, -0.2) is 0 Å². The molecule has 1 rings (SSSR count). The molecule has 1 aromatic heterocycles. The summed E-state index contributed by atoms with van der Waals surface area (Å²) < 4.78 is 1.80. The predicted octanol–water partition coefficient (Wildman–Crippen LogP) is -0.194. The number of amides is 1. The topological polar surface area (TPSA) is 59.8 Å². The molecule has 14 heavy (non-hydrogen) atoms. The number of rotatable bonds is 3. The fraction of sp³-hybridized carbons (Fsp3) is 0.444. The zero-order valence-corrected chi connectivity index (χ0v) is 8.19. The highest BCUT2D eigenvalue weighted by Gasteiger charge is 2.04. The van der Waals surface area contributed by atoms with E-state index in [0.29, 0.717) is 6.54 Å². The summed E-state index contributed by atoms with van der Waals surface area (Å²) in [6.45, 7) is 4.17. The van der Waals surface area contributed by atoms with Crippen molar-refractivity contribution in [3.8, 4) is 11.8 Å². The van der Waals surface area contributed by atoms with Gasteiger partial charge in [0.1, 0.15) is 12.7 Å². The molecule has 0 aromatic carbocycles. The van der Waals surface area contributed by atoms with Gasteiger partial charge in [-0.15, -0.1) is 10.2 Å². The first-order chi connectivity index (χ1) is 6.72. The van der Waals surface area contributed by atoms with Gasteiger partial charge in [0, 0.05) is 12.6 Å². The van der Waals surface area contributed by atoms with Crippen molar-refractivity contribution in [1.29, 1.82) is 0 Å². The Morgan fingerprint density at radius 3 is 2.79 bits per heavy atom. The van der Waals surface area contributed by atoms with Crippen LogP contribution >= 0.6 is 0 Å². The van der Waals surface area contributed by atoms with E-state index in [0.717, 1.165) is 0 Å². The number of hydrogen-bond donors (Lipinski definition) is 1. The number of hydrogen-bond acceptors (Lipinski definition) is 3. The van der Waals surface area contributed by atoms with E-state index in [1.165, 1.54) is 0 Å². The lowest BCUT2D eigenvalue weighted by molar-refractivity contribution is -0.116. The van der Waals surface area contributed by atoms with Crippen LogP contribution < -0.4 is 5.32 Å². The summed E-state index contributed by atoms with van der Waals surface area (Å²) in [5.41, 5.74) is 0. The lowest BCUT2D eigenvalue weighted by Crippen LogP contribution is -2.34. The number of nitrogens with zero attached hydrogens (tertiary/aromatic N) is 3. The summed E-state index contributed by atoms with van der Waals surface area (Å²) >= 11 is 0. The molecular weight excluding hydrogens is 180 g/mol. The zero-order chi connectivity index (χ0) is 10.4. The molecule has 5 heteroatoms. The Morgan fingerprint density at radius 2 is 2.21 bits per heavy atom. The Balaban J connectivity index is 2.38. The highest BCUT2D eigenvalue weighted by Crippen LogP contribution is 1.89. The predicted molar refractivity (Wildman–Crippen MR) is 51.1 cm³/mol. The van der Waals surface area contributed by atoms with Crippen LogP contribution in [0.5, 0.6) is 0 Å². The van der Waals surface area contributed by atoms with Crippen LogP contribution in [-0.2, 0) is 11.3 Å². The molecule has 0 aliphatic carbocycles. The Morgan fingerprint density at radius 1 is 1.57 bits per heavy atom. The average molecular weight is 192 g/mol. The van der Waals surface area contributed by atoms with E-state index >= 15 is 0 Å². The molecule has 0 fully saturated rings. The van der Waals surface area contributed by atoms with Gasteiger partial charge in [0.15, 0.2) is 0 Å². The molecule has 0 aliphatic heterocycles. The molecule has 74 valence electrons. The normalized spacial score (nSPS) is 11.3. The summed E-state index contributed by atoms with van der Waals surface area (Å²) in [5, 5.41) is 10.1. The van der Waals surface area contributed by atoms with Crippen LogP contribution in [0.2, 0.25) is 0 Å². The van der Waals surface area contributed by atoms with Gasteiger partial charge in [-0.05, 0) is 19.8 Å². The number of nitrogens with one attached hydrogen (secondary N) is 1. The number of aromatic nitrogens is 3. The molecule has 0 saturated heterocycles. The van der Waals surface area contributed by atoms with Crippen LogP contribution in [0.4, 0.5) is 0 Å². The smallest absolute Gasteiger partial charge is 0.296 e. The second-order valence-electron chi connectivity index (χ2n) is 2.91. The largest absolute Gasteiger partial charge is 0.341 e. The molecule has 0 aliphatic rings. The van der Waals surface area contributed by atoms with Crippen LogP contribution in [0.3, 0.4) is 0 Å². The van der Waals surface area contributed by atoms with Crippen molar-refractivity contribution >= 4 is 5.91 Å². The van der Waals surface area contributed by atoms with Gasteiger partial charge in [-0.2, -0.15) is 0 Å². The fourth-order valence-corrected chi connectivity index (χ4v) is 1.05. The summed E-state index contributed by atoms with van der Waals surface area (Å²) in [4.78, 5) is 11.1. The molecule has 5 nitrogen and oxygen atoms in total. The van der Waals surface area contributed by atoms with E-state index in [1.807, 2.05) is 6.92 Å². The van der Waals surface area contributed by atoms with Crippen molar-refractivity contribution in [2.45, 2.75) is 26.4 Å². The summed E-state index contributed by atoms with van der Waals surface area (Å²) in [7, 11) is 0. The third-order valence-corrected chi connectivity index (χ3v) is 1.57. The molecule has 0 saturated carbocycles. The summed E-state index contributed by atoms with van der Waals surface area (Å²) in [6, 6.07) is 0.0133. The van der Waals surface area contributed by atoms with E-state index in [9.17, 15) is 4.79 Å². The summed E-state index contributed by atoms with van der Waals surface area (Å²) in [5.74, 6) is 4.70. The third-order valence-electron chi connectivity index (χ3n) is 1.57. The Kier molecular flexibility index (Phi) is 3.68. The highest BCUT2D eigenvalue weighted by molar-refractivity contribution is 5.93. The van der Waals surface area contributed by atoms with Gasteiger partial charge in [-0.1, -0.05) is 5.92 Å². The third kappa shape index (κ3) is 3.27. The molecule has 1 heterocycles. The van der Waals surface area contributed by atoms with Crippen LogP contribution in [0.15, 0.2) is 12.7 Å². The zero-order valence-electron chi connectivity index (χ0n) is 8.19. The van der Waals surface area contributed by atoms with Crippen molar-refractivity contribution in [3.05, 3.63) is 12.7 Å². The van der Waals surface area contributed by atoms with Gasteiger partial charge in [0.05, 0.1) is 0 Å². The Labute approximate surface area is 82.5 Å². The minimum absolute atomic E-state index is 0.0133. The van der Waals surface area contributed by atoms with Crippen LogP contribution in [-0.4, -0.2) is 26.7 Å². The molecule has 0 spiro atoms. The molecule has 1 unspecified atom stereocenters. The minimum Gasteiger partial charge on any atom is -0.341 e. The molecule has 1 N–H and O–H groups in total. The maximum atomic E-state index is 11.1. The van der Waals surface area contributed by atoms with Gasteiger partial charge in [0.25, 0.3) is 5.91 Å². The monoisotopic (exact) mass is 192 g/mol. The fourth-order valence-electron chi connectivity index (χ4n) is 1.05. The second-order valence-corrected chi connectivity index (χ2v) is 2.91. The quantitative estimate of drug-likeness (QED) is 0.675. The number of carbonyl (C=O) groups is 1. The average Bonchev–Trinajstić information content (AvgIpc) is 2.56. The van der Waals surface area contributed by atoms with Gasteiger partial charge >= 0.3 is 0 Å². The van der Waals surface area contributed by atoms with Gasteiger partial charge in [-0.3, -0.25) is 4.79 Å². The van der Waals surface area contributed by atoms with Crippen molar-refractivity contribution in [3.63, 3.8) is 0 Å². The maximum absolute atomic E-state index is 11.1. The Bertz CT molecular complexity index is 347. The minimum atomic E-state index is -0.256. The van der Waals surface area contributed by atoms with Crippen molar-refractivity contribution < 1.29 is 4.79 Å². The van der Waals surface area contributed by atoms with Crippen LogP contribution in [0.25, 0.3) is 0 Å². The standard InChI is InChI=1S/C9H12N4O/c1-3-4-9(14)12-8(2)5-13-6-10-11-7-13/h6-8H,5H2,1-2H3,(H,12,14). The van der Waals surface area contributed by atoms with Crippen molar-refractivity contribution in [2.24, 2.45) is 0 Å². The van der Waals surface area contributed by atoms with E-state index in [4.69, 9.17) is 0 Å². The first kappa shape index (κ1) is 10.3. The summed E-state index contributed by atoms with van der Waals surface area (Å²) in [6.07, 6.45) is 3.21. The second kappa shape index (κ2) is 5.02. The first-order valence-electron chi connectivity index (χ1n) is 4.28. The number of carbonyl (C=O) groups excluding carboxylic acids is 1. The SMILES string of the molecule is CC#CC(=O)NC(C)Cn1cnnc1. The lowest BCUT2D eigenvalue weighted by atomic mass is 10.3. The van der Waals surface area contributed by atoms with Crippen LogP contribution in [0.1, 0.15) is 13.8 Å². The molecule has 1 aromatic rings. The molecule has 1 amide bonds.